The second-order valence-electron chi connectivity index (χ2n) is 7.32. The normalized spacial score (nSPS) is 10.7. The lowest BCUT2D eigenvalue weighted by Gasteiger charge is -2.08. The van der Waals surface area contributed by atoms with Crippen LogP contribution in [0.2, 0.25) is 0 Å². The molecule has 5 heteroatoms. The molecule has 0 fully saturated rings. The summed E-state index contributed by atoms with van der Waals surface area (Å²) in [6.45, 7) is 4.09. The quantitative estimate of drug-likeness (QED) is 0.460. The molecule has 4 aromatic rings. The van der Waals surface area contributed by atoms with E-state index in [1.165, 1.54) is 11.1 Å². The molecule has 30 heavy (non-hydrogen) atoms. The van der Waals surface area contributed by atoms with Gasteiger partial charge in [0.15, 0.2) is 0 Å². The highest BCUT2D eigenvalue weighted by Gasteiger charge is 2.21. The van der Waals surface area contributed by atoms with Crippen molar-refractivity contribution in [2.75, 3.05) is 5.32 Å². The molecule has 2 aromatic heterocycles. The van der Waals surface area contributed by atoms with Gasteiger partial charge in [-0.2, -0.15) is 0 Å². The average molecular weight is 397 g/mol. The van der Waals surface area contributed by atoms with Crippen LogP contribution in [-0.2, 0) is 11.2 Å². The molecule has 2 aromatic carbocycles. The van der Waals surface area contributed by atoms with Crippen molar-refractivity contribution in [1.82, 2.24) is 10.1 Å². The third kappa shape index (κ3) is 4.30. The largest absolute Gasteiger partial charge is 0.337 e. The first kappa shape index (κ1) is 19.6. The van der Waals surface area contributed by atoms with Gasteiger partial charge < -0.3 is 4.52 Å². The molecule has 150 valence electrons. The lowest BCUT2D eigenvalue weighted by Crippen LogP contribution is -2.12. The number of benzene rings is 2. The van der Waals surface area contributed by atoms with E-state index in [0.717, 1.165) is 22.3 Å². The van der Waals surface area contributed by atoms with Crippen molar-refractivity contribution >= 4 is 11.8 Å². The summed E-state index contributed by atoms with van der Waals surface area (Å²) >= 11 is 0. The average Bonchev–Trinajstić information content (AvgIpc) is 3.17. The second kappa shape index (κ2) is 8.74. The van der Waals surface area contributed by atoms with Gasteiger partial charge in [-0.3, -0.25) is 15.1 Å². The molecule has 2 heterocycles. The number of hydrogen-bond acceptors (Lipinski definition) is 4. The lowest BCUT2D eigenvalue weighted by molar-refractivity contribution is -0.116. The minimum Gasteiger partial charge on any atom is -0.337 e. The minimum absolute atomic E-state index is 0.111. The SMILES string of the molecule is Cc1cccc(-c2noc(NC(=O)CCc3ccccc3C)c2-c2ccncc2)c1. The zero-order valence-electron chi connectivity index (χ0n) is 17.1. The van der Waals surface area contributed by atoms with E-state index in [9.17, 15) is 4.79 Å². The Bertz CT molecular complexity index is 1170. The van der Waals surface area contributed by atoms with Crippen LogP contribution >= 0.6 is 0 Å². The van der Waals surface area contributed by atoms with Gasteiger partial charge in [-0.05, 0) is 55.2 Å². The summed E-state index contributed by atoms with van der Waals surface area (Å²) in [6, 6.07) is 19.9. The number of nitrogens with zero attached hydrogens (tertiary/aromatic N) is 2. The van der Waals surface area contributed by atoms with Crippen molar-refractivity contribution in [2.45, 2.75) is 26.7 Å². The highest BCUT2D eigenvalue weighted by Crippen LogP contribution is 2.37. The first-order valence-electron chi connectivity index (χ1n) is 9.93. The molecule has 0 aliphatic heterocycles. The third-order valence-corrected chi connectivity index (χ3v) is 5.09. The van der Waals surface area contributed by atoms with E-state index >= 15 is 0 Å². The number of nitrogens with one attached hydrogen (secondary N) is 1. The van der Waals surface area contributed by atoms with Gasteiger partial charge >= 0.3 is 0 Å². The molecule has 0 atom stereocenters. The Morgan fingerprint density at radius 1 is 0.967 bits per heavy atom. The van der Waals surface area contributed by atoms with E-state index in [1.54, 1.807) is 12.4 Å². The number of anilines is 1. The Morgan fingerprint density at radius 3 is 2.53 bits per heavy atom. The number of pyridine rings is 1. The first-order chi connectivity index (χ1) is 14.6. The zero-order chi connectivity index (χ0) is 20.9. The molecule has 0 aliphatic carbocycles. The molecule has 0 bridgehead atoms. The van der Waals surface area contributed by atoms with E-state index in [0.29, 0.717) is 24.4 Å². The zero-order valence-corrected chi connectivity index (χ0v) is 17.1. The number of carbonyl (C=O) groups excluding carboxylic acids is 1. The van der Waals surface area contributed by atoms with Gasteiger partial charge in [0.05, 0.1) is 5.56 Å². The molecule has 0 spiro atoms. The summed E-state index contributed by atoms with van der Waals surface area (Å²) in [6.07, 6.45) is 4.46. The highest BCUT2D eigenvalue weighted by atomic mass is 16.5. The van der Waals surface area contributed by atoms with Gasteiger partial charge in [0, 0.05) is 24.4 Å². The summed E-state index contributed by atoms with van der Waals surface area (Å²) in [5, 5.41) is 7.19. The van der Waals surface area contributed by atoms with Gasteiger partial charge in [-0.1, -0.05) is 53.2 Å². The predicted molar refractivity (Wildman–Crippen MR) is 118 cm³/mol. The second-order valence-corrected chi connectivity index (χ2v) is 7.32. The number of rotatable bonds is 6. The van der Waals surface area contributed by atoms with Gasteiger partial charge in [-0.25, -0.2) is 0 Å². The molecule has 5 nitrogen and oxygen atoms in total. The number of hydrogen-bond donors (Lipinski definition) is 1. The van der Waals surface area contributed by atoms with Crippen LogP contribution in [-0.4, -0.2) is 16.0 Å². The summed E-state index contributed by atoms with van der Waals surface area (Å²) < 4.78 is 5.59. The Kier molecular flexibility index (Phi) is 5.70. The minimum atomic E-state index is -0.111. The summed E-state index contributed by atoms with van der Waals surface area (Å²) in [5.74, 6) is 0.244. The van der Waals surface area contributed by atoms with Crippen molar-refractivity contribution in [2.24, 2.45) is 0 Å². The van der Waals surface area contributed by atoms with Crippen LogP contribution in [0.25, 0.3) is 22.4 Å². The van der Waals surface area contributed by atoms with Gasteiger partial charge in [-0.15, -0.1) is 0 Å². The molecular formula is C25H23N3O2. The van der Waals surface area contributed by atoms with Crippen LogP contribution < -0.4 is 5.32 Å². The monoisotopic (exact) mass is 397 g/mol. The number of aromatic nitrogens is 2. The van der Waals surface area contributed by atoms with Gasteiger partial charge in [0.25, 0.3) is 0 Å². The van der Waals surface area contributed by atoms with E-state index in [2.05, 4.69) is 34.5 Å². The van der Waals surface area contributed by atoms with E-state index < -0.39 is 0 Å². The molecule has 4 rings (SSSR count). The van der Waals surface area contributed by atoms with E-state index in [4.69, 9.17) is 4.52 Å². The lowest BCUT2D eigenvalue weighted by atomic mass is 10.0. The molecule has 0 saturated carbocycles. The van der Waals surface area contributed by atoms with Gasteiger partial charge in [0.1, 0.15) is 5.69 Å². The van der Waals surface area contributed by atoms with Crippen LogP contribution in [0, 0.1) is 13.8 Å². The maximum atomic E-state index is 12.7. The molecular weight excluding hydrogens is 374 g/mol. The standard InChI is InChI=1S/C25H23N3O2/c1-17-6-5-9-21(16-17)24-23(20-12-14-26-15-13-20)25(30-28-24)27-22(29)11-10-19-8-4-3-7-18(19)2/h3-9,12-16H,10-11H2,1-2H3,(H,27,29). The molecule has 0 radical (unpaired) electrons. The van der Waals surface area contributed by atoms with Crippen molar-refractivity contribution in [1.29, 1.82) is 0 Å². The fourth-order valence-electron chi connectivity index (χ4n) is 3.48. The van der Waals surface area contributed by atoms with E-state index in [1.807, 2.05) is 55.5 Å². The number of amides is 1. The Balaban J connectivity index is 1.62. The van der Waals surface area contributed by atoms with Crippen molar-refractivity contribution in [3.8, 4) is 22.4 Å². The molecule has 1 N–H and O–H groups in total. The Labute approximate surface area is 175 Å². The molecule has 0 unspecified atom stereocenters. The molecule has 0 aliphatic rings. The number of carbonyl (C=O) groups is 1. The maximum absolute atomic E-state index is 12.7. The summed E-state index contributed by atoms with van der Waals surface area (Å²) in [5.41, 5.74) is 6.75. The van der Waals surface area contributed by atoms with E-state index in [-0.39, 0.29) is 5.91 Å². The first-order valence-corrected chi connectivity index (χ1v) is 9.93. The molecule has 1 amide bonds. The summed E-state index contributed by atoms with van der Waals surface area (Å²) in [4.78, 5) is 16.8. The molecule has 0 saturated heterocycles. The summed E-state index contributed by atoms with van der Waals surface area (Å²) in [7, 11) is 0. The van der Waals surface area contributed by atoms with Crippen LogP contribution in [0.3, 0.4) is 0 Å². The van der Waals surface area contributed by atoms with Crippen LogP contribution in [0.5, 0.6) is 0 Å². The predicted octanol–water partition coefficient (Wildman–Crippen LogP) is 5.59. The topological polar surface area (TPSA) is 68.0 Å². The van der Waals surface area contributed by atoms with Crippen molar-refractivity contribution < 1.29 is 9.32 Å². The fraction of sp³-hybridized carbons (Fsp3) is 0.160. The Morgan fingerprint density at radius 2 is 1.77 bits per heavy atom. The maximum Gasteiger partial charge on any atom is 0.239 e. The smallest absolute Gasteiger partial charge is 0.239 e. The van der Waals surface area contributed by atoms with Crippen LogP contribution in [0.4, 0.5) is 5.88 Å². The number of aryl methyl sites for hydroxylation is 3. The van der Waals surface area contributed by atoms with Crippen molar-refractivity contribution in [3.63, 3.8) is 0 Å². The van der Waals surface area contributed by atoms with Crippen molar-refractivity contribution in [3.05, 3.63) is 89.7 Å². The highest BCUT2D eigenvalue weighted by molar-refractivity contribution is 5.97. The van der Waals surface area contributed by atoms with Crippen LogP contribution in [0.15, 0.2) is 77.6 Å². The van der Waals surface area contributed by atoms with Crippen LogP contribution in [0.1, 0.15) is 23.1 Å². The fourth-order valence-corrected chi connectivity index (χ4v) is 3.48. The Hall–Kier alpha value is -3.73. The third-order valence-electron chi connectivity index (χ3n) is 5.09. The van der Waals surface area contributed by atoms with Gasteiger partial charge in [0.2, 0.25) is 11.8 Å².